The number of phenols is 1. The first-order valence-corrected chi connectivity index (χ1v) is 8.64. The molecule has 4 N–H and O–H groups in total. The van der Waals surface area contributed by atoms with E-state index in [2.05, 4.69) is 13.8 Å². The van der Waals surface area contributed by atoms with Gasteiger partial charge in [0.25, 0.3) is 0 Å². The van der Waals surface area contributed by atoms with Gasteiger partial charge in [-0.15, -0.1) is 0 Å². The van der Waals surface area contributed by atoms with Gasteiger partial charge < -0.3 is 15.6 Å². The Morgan fingerprint density at radius 2 is 2.00 bits per heavy atom. The minimum Gasteiger partial charge on any atom is -0.507 e. The number of carbonyl (C=O) groups is 1. The molecule has 2 unspecified atom stereocenters. The van der Waals surface area contributed by atoms with E-state index in [-0.39, 0.29) is 17.9 Å². The smallest absolute Gasteiger partial charge is 0.338 e. The number of fused-ring (bicyclic) bond motifs is 7. The molecule has 1 aromatic rings. The number of nitrogens with zero attached hydrogens (tertiary/aromatic N) is 1. The van der Waals surface area contributed by atoms with E-state index in [1.54, 1.807) is 0 Å². The van der Waals surface area contributed by atoms with Gasteiger partial charge in [-0.1, -0.05) is 0 Å². The Bertz CT molecular complexity index is 728. The molecule has 0 radical (unpaired) electrons. The molecule has 4 rings (SSSR count). The van der Waals surface area contributed by atoms with Crippen LogP contribution in [0, 0.1) is 0 Å². The van der Waals surface area contributed by atoms with Gasteiger partial charge in [0.15, 0.2) is 0 Å². The van der Waals surface area contributed by atoms with Gasteiger partial charge in [-0.25, -0.2) is 9.86 Å². The highest BCUT2D eigenvalue weighted by Crippen LogP contribution is 2.61. The van der Waals surface area contributed by atoms with E-state index in [1.807, 2.05) is 0 Å². The molecule has 2 aliphatic carbocycles. The summed E-state index contributed by atoms with van der Waals surface area (Å²) in [6.07, 6.45) is 4.84. The normalized spacial score (nSPS) is 25.8. The number of amides is 2. The summed E-state index contributed by atoms with van der Waals surface area (Å²) >= 11 is 0. The van der Waals surface area contributed by atoms with Crippen LogP contribution in [0.25, 0.3) is 0 Å². The number of rotatable bonds is 2. The summed E-state index contributed by atoms with van der Waals surface area (Å²) in [5.74, 6) is 1.90. The molecule has 6 nitrogen and oxygen atoms in total. The van der Waals surface area contributed by atoms with Gasteiger partial charge in [-0.05, 0) is 57.8 Å². The molecule has 0 spiro atoms. The van der Waals surface area contributed by atoms with Crippen LogP contribution in [0.15, 0.2) is 0 Å². The minimum absolute atomic E-state index is 0.113. The highest BCUT2D eigenvalue weighted by molar-refractivity contribution is 5.71. The van der Waals surface area contributed by atoms with Gasteiger partial charge in [-0.3, -0.25) is 5.21 Å². The van der Waals surface area contributed by atoms with Crippen LogP contribution in [0.3, 0.4) is 0 Å². The van der Waals surface area contributed by atoms with E-state index in [4.69, 9.17) is 10.5 Å². The Morgan fingerprint density at radius 1 is 1.33 bits per heavy atom. The van der Waals surface area contributed by atoms with Crippen molar-refractivity contribution in [2.45, 2.75) is 69.9 Å². The zero-order valence-corrected chi connectivity index (χ0v) is 14.1. The van der Waals surface area contributed by atoms with Crippen molar-refractivity contribution in [1.82, 2.24) is 5.06 Å². The molecule has 1 saturated carbocycles. The Morgan fingerprint density at radius 3 is 2.67 bits per heavy atom. The second-order valence-corrected chi connectivity index (χ2v) is 7.93. The first-order valence-electron chi connectivity index (χ1n) is 8.64. The molecule has 1 fully saturated rings. The molecule has 24 heavy (non-hydrogen) atoms. The first kappa shape index (κ1) is 15.6. The fourth-order valence-electron chi connectivity index (χ4n) is 4.71. The van der Waals surface area contributed by atoms with Gasteiger partial charge in [0.1, 0.15) is 17.1 Å². The zero-order valence-electron chi connectivity index (χ0n) is 14.1. The standard InChI is InChI=1S/C18H24N2O4/c1-18(2)6-5-11-12(8-20(23)17(19)22)15(21)13-9-3-4-10(7-9)14(13)16(11)24-18/h9-10,21,23H,3-8H2,1-2H3,(H2,19,22). The third-order valence-electron chi connectivity index (χ3n) is 5.88. The number of hydrogen-bond acceptors (Lipinski definition) is 4. The van der Waals surface area contributed by atoms with Crippen LogP contribution in [0.1, 0.15) is 73.6 Å². The fourth-order valence-corrected chi connectivity index (χ4v) is 4.71. The van der Waals surface area contributed by atoms with E-state index >= 15 is 0 Å². The maximum atomic E-state index is 11.2. The van der Waals surface area contributed by atoms with E-state index in [0.717, 1.165) is 49.0 Å². The van der Waals surface area contributed by atoms with Gasteiger partial charge in [-0.2, -0.15) is 0 Å². The molecule has 6 heteroatoms. The summed E-state index contributed by atoms with van der Waals surface area (Å²) in [4.78, 5) is 11.2. The lowest BCUT2D eigenvalue weighted by molar-refractivity contribution is -0.0479. The zero-order chi connectivity index (χ0) is 17.2. The number of nitrogens with two attached hydrogens (primary N) is 1. The second kappa shape index (κ2) is 5.02. The van der Waals surface area contributed by atoms with E-state index in [1.165, 1.54) is 5.56 Å². The lowest BCUT2D eigenvalue weighted by atomic mass is 9.82. The number of benzene rings is 1. The molecule has 1 aliphatic heterocycles. The monoisotopic (exact) mass is 332 g/mol. The highest BCUT2D eigenvalue weighted by atomic mass is 16.5. The molecule has 2 amide bonds. The Balaban J connectivity index is 1.89. The van der Waals surface area contributed by atoms with Crippen molar-refractivity contribution >= 4 is 6.03 Å². The predicted octanol–water partition coefficient (Wildman–Crippen LogP) is 3.13. The molecular formula is C18H24N2O4. The van der Waals surface area contributed by atoms with Crippen molar-refractivity contribution in [2.24, 2.45) is 5.73 Å². The lowest BCUT2D eigenvalue weighted by Gasteiger charge is -2.37. The molecule has 2 atom stereocenters. The predicted molar refractivity (Wildman–Crippen MR) is 87.4 cm³/mol. The van der Waals surface area contributed by atoms with E-state index in [0.29, 0.717) is 22.5 Å². The maximum Gasteiger partial charge on any atom is 0.338 e. The lowest BCUT2D eigenvalue weighted by Crippen LogP contribution is -2.36. The SMILES string of the molecule is CC1(C)CCc2c(CN(O)C(N)=O)c(O)c3c(c2O1)C1CCC3C1. The topological polar surface area (TPSA) is 96.0 Å². The summed E-state index contributed by atoms with van der Waals surface area (Å²) < 4.78 is 6.33. The van der Waals surface area contributed by atoms with Crippen molar-refractivity contribution in [3.63, 3.8) is 0 Å². The number of aromatic hydroxyl groups is 1. The van der Waals surface area contributed by atoms with Crippen LogP contribution in [0.2, 0.25) is 0 Å². The number of urea groups is 1. The molecule has 0 aromatic heterocycles. The number of phenolic OH excluding ortho intramolecular Hbond substituents is 1. The summed E-state index contributed by atoms with van der Waals surface area (Å²) in [6.45, 7) is 4.03. The number of ether oxygens (including phenoxy) is 1. The van der Waals surface area contributed by atoms with Crippen molar-refractivity contribution in [1.29, 1.82) is 0 Å². The van der Waals surface area contributed by atoms with Crippen LogP contribution in [0.5, 0.6) is 11.5 Å². The fraction of sp³-hybridized carbons (Fsp3) is 0.611. The Labute approximate surface area is 141 Å². The number of hydroxylamine groups is 2. The Hall–Kier alpha value is -1.95. The average Bonchev–Trinajstić information content (AvgIpc) is 3.11. The van der Waals surface area contributed by atoms with Crippen molar-refractivity contribution in [3.8, 4) is 11.5 Å². The van der Waals surface area contributed by atoms with Crippen molar-refractivity contribution in [3.05, 3.63) is 22.3 Å². The average molecular weight is 332 g/mol. The molecule has 0 saturated heterocycles. The van der Waals surface area contributed by atoms with E-state index in [9.17, 15) is 15.1 Å². The van der Waals surface area contributed by atoms with Crippen LogP contribution in [-0.4, -0.2) is 27.0 Å². The maximum absolute atomic E-state index is 11.2. The highest BCUT2D eigenvalue weighted by Gasteiger charge is 2.45. The third kappa shape index (κ3) is 2.16. The van der Waals surface area contributed by atoms with Crippen LogP contribution in [0.4, 0.5) is 4.79 Å². The van der Waals surface area contributed by atoms with Gasteiger partial charge in [0.05, 0.1) is 6.54 Å². The minimum atomic E-state index is -0.928. The summed E-state index contributed by atoms with van der Waals surface area (Å²) in [5, 5.41) is 21.2. The Kier molecular flexibility index (Phi) is 3.26. The number of carbonyl (C=O) groups excluding carboxylic acids is 1. The van der Waals surface area contributed by atoms with E-state index < -0.39 is 6.03 Å². The van der Waals surface area contributed by atoms with Crippen molar-refractivity contribution < 1.29 is 19.8 Å². The molecule has 2 bridgehead atoms. The first-order chi connectivity index (χ1) is 11.3. The summed E-state index contributed by atoms with van der Waals surface area (Å²) in [7, 11) is 0. The van der Waals surface area contributed by atoms with Crippen LogP contribution < -0.4 is 10.5 Å². The van der Waals surface area contributed by atoms with Gasteiger partial charge >= 0.3 is 6.03 Å². The quantitative estimate of drug-likeness (QED) is 0.572. The molecule has 3 aliphatic rings. The number of hydrogen-bond donors (Lipinski definition) is 3. The molecule has 1 aromatic carbocycles. The van der Waals surface area contributed by atoms with Crippen molar-refractivity contribution in [2.75, 3.05) is 0 Å². The third-order valence-corrected chi connectivity index (χ3v) is 5.88. The molecule has 1 heterocycles. The molecular weight excluding hydrogens is 308 g/mol. The van der Waals surface area contributed by atoms with Gasteiger partial charge in [0, 0.05) is 22.3 Å². The second-order valence-electron chi connectivity index (χ2n) is 7.93. The van der Waals surface area contributed by atoms with Crippen LogP contribution >= 0.6 is 0 Å². The van der Waals surface area contributed by atoms with Gasteiger partial charge in [0.2, 0.25) is 0 Å². The molecule has 130 valence electrons. The summed E-state index contributed by atoms with van der Waals surface area (Å²) in [6, 6.07) is -0.928. The van der Waals surface area contributed by atoms with Crippen LogP contribution in [-0.2, 0) is 13.0 Å². The largest absolute Gasteiger partial charge is 0.507 e. The summed E-state index contributed by atoms with van der Waals surface area (Å²) in [5.41, 5.74) is 8.53. The number of primary amides is 1.